The number of rotatable bonds is 13. The molecule has 0 aromatic heterocycles. The molecule has 0 aliphatic heterocycles. The second-order valence-electron chi connectivity index (χ2n) is 6.08. The second kappa shape index (κ2) is 14.0. The van der Waals surface area contributed by atoms with E-state index in [0.717, 1.165) is 32.1 Å². The number of ether oxygens (including phenoxy) is 2. The molecule has 136 valence electrons. The molecule has 3 atom stereocenters. The summed E-state index contributed by atoms with van der Waals surface area (Å²) in [6.07, 6.45) is 6.14. The molecule has 0 bridgehead atoms. The molecule has 6 heteroatoms. The van der Waals surface area contributed by atoms with Gasteiger partial charge < -0.3 is 9.47 Å². The Morgan fingerprint density at radius 2 is 1.48 bits per heavy atom. The topological polar surface area (TPSA) is 52.6 Å². The average molecular weight is 365 g/mol. The standard InChI is InChI=1S/C17H32O4S2/c1-4-5-6-8-15(21-17(19)12-14(3)23)9-7-10-20-16(18)11-13(2)22/h13-15,22-23H,4-12H2,1-3H3. The summed E-state index contributed by atoms with van der Waals surface area (Å²) in [5.41, 5.74) is 0. The van der Waals surface area contributed by atoms with Gasteiger partial charge in [0.2, 0.25) is 0 Å². The Balaban J connectivity index is 4.09. The fraction of sp³-hybridized carbons (Fsp3) is 0.882. The first-order chi connectivity index (χ1) is 10.8. The summed E-state index contributed by atoms with van der Waals surface area (Å²) in [5, 5.41) is 0.0106. The van der Waals surface area contributed by atoms with Crippen molar-refractivity contribution in [3.05, 3.63) is 0 Å². The molecular formula is C17H32O4S2. The Morgan fingerprint density at radius 3 is 2.04 bits per heavy atom. The summed E-state index contributed by atoms with van der Waals surface area (Å²) < 4.78 is 10.7. The number of hydrogen-bond donors (Lipinski definition) is 2. The van der Waals surface area contributed by atoms with Crippen molar-refractivity contribution in [3.8, 4) is 0 Å². The van der Waals surface area contributed by atoms with Gasteiger partial charge in [0.1, 0.15) is 6.10 Å². The predicted molar refractivity (Wildman–Crippen MR) is 100 cm³/mol. The highest BCUT2D eigenvalue weighted by atomic mass is 32.1. The number of carbonyl (C=O) groups excluding carboxylic acids is 2. The lowest BCUT2D eigenvalue weighted by molar-refractivity contribution is -0.151. The van der Waals surface area contributed by atoms with Crippen LogP contribution in [-0.4, -0.2) is 35.1 Å². The van der Waals surface area contributed by atoms with E-state index in [4.69, 9.17) is 9.47 Å². The van der Waals surface area contributed by atoms with Crippen LogP contribution in [0.15, 0.2) is 0 Å². The van der Waals surface area contributed by atoms with Gasteiger partial charge in [0.05, 0.1) is 19.4 Å². The highest BCUT2D eigenvalue weighted by Gasteiger charge is 2.16. The maximum absolute atomic E-state index is 11.8. The van der Waals surface area contributed by atoms with Crippen LogP contribution in [0.1, 0.15) is 72.1 Å². The van der Waals surface area contributed by atoms with E-state index in [1.54, 1.807) is 0 Å². The molecule has 23 heavy (non-hydrogen) atoms. The molecule has 0 amide bonds. The highest BCUT2D eigenvalue weighted by molar-refractivity contribution is 7.81. The van der Waals surface area contributed by atoms with E-state index in [0.29, 0.717) is 25.9 Å². The smallest absolute Gasteiger partial charge is 0.307 e. The zero-order valence-corrected chi connectivity index (χ0v) is 16.4. The van der Waals surface area contributed by atoms with Gasteiger partial charge in [-0.3, -0.25) is 9.59 Å². The Bertz CT molecular complexity index is 333. The van der Waals surface area contributed by atoms with Crippen molar-refractivity contribution in [1.29, 1.82) is 0 Å². The first-order valence-corrected chi connectivity index (χ1v) is 9.59. The molecule has 0 spiro atoms. The molecule has 4 nitrogen and oxygen atoms in total. The summed E-state index contributed by atoms with van der Waals surface area (Å²) in [6, 6.07) is 0. The van der Waals surface area contributed by atoms with Crippen molar-refractivity contribution in [1.82, 2.24) is 0 Å². The Morgan fingerprint density at radius 1 is 0.913 bits per heavy atom. The fourth-order valence-corrected chi connectivity index (χ4v) is 2.45. The molecule has 0 radical (unpaired) electrons. The minimum atomic E-state index is -0.226. The Kier molecular flexibility index (Phi) is 13.8. The van der Waals surface area contributed by atoms with Crippen LogP contribution in [0.4, 0.5) is 0 Å². The summed E-state index contributed by atoms with van der Waals surface area (Å²) in [4.78, 5) is 23.2. The van der Waals surface area contributed by atoms with Crippen molar-refractivity contribution in [2.24, 2.45) is 0 Å². The summed E-state index contributed by atoms with van der Waals surface area (Å²) >= 11 is 8.38. The van der Waals surface area contributed by atoms with Gasteiger partial charge in [-0.15, -0.1) is 0 Å². The maximum Gasteiger partial charge on any atom is 0.307 e. The second-order valence-corrected chi connectivity index (χ2v) is 7.84. The van der Waals surface area contributed by atoms with Gasteiger partial charge in [-0.25, -0.2) is 0 Å². The monoisotopic (exact) mass is 364 g/mol. The zero-order valence-electron chi connectivity index (χ0n) is 14.6. The summed E-state index contributed by atoms with van der Waals surface area (Å²) in [5.74, 6) is -0.425. The van der Waals surface area contributed by atoms with Crippen LogP contribution in [0.2, 0.25) is 0 Å². The number of carbonyl (C=O) groups is 2. The molecule has 0 N–H and O–H groups in total. The lowest BCUT2D eigenvalue weighted by atomic mass is 10.1. The van der Waals surface area contributed by atoms with E-state index in [1.165, 1.54) is 0 Å². The van der Waals surface area contributed by atoms with E-state index in [-0.39, 0.29) is 28.5 Å². The summed E-state index contributed by atoms with van der Waals surface area (Å²) in [6.45, 7) is 6.24. The van der Waals surface area contributed by atoms with Crippen LogP contribution < -0.4 is 0 Å². The summed E-state index contributed by atoms with van der Waals surface area (Å²) in [7, 11) is 0. The van der Waals surface area contributed by atoms with Crippen molar-refractivity contribution in [3.63, 3.8) is 0 Å². The van der Waals surface area contributed by atoms with Gasteiger partial charge in [-0.2, -0.15) is 25.3 Å². The molecule has 0 aromatic rings. The van der Waals surface area contributed by atoms with Gasteiger partial charge in [0.15, 0.2) is 0 Å². The molecule has 0 aromatic carbocycles. The van der Waals surface area contributed by atoms with E-state index in [2.05, 4.69) is 32.2 Å². The average Bonchev–Trinajstić information content (AvgIpc) is 2.41. The van der Waals surface area contributed by atoms with E-state index < -0.39 is 0 Å². The molecule has 0 fully saturated rings. The third kappa shape index (κ3) is 14.9. The van der Waals surface area contributed by atoms with E-state index >= 15 is 0 Å². The molecule has 0 saturated heterocycles. The SMILES string of the molecule is CCCCCC(CCCOC(=O)CC(C)S)OC(=O)CC(C)S. The minimum absolute atomic E-state index is 0.00275. The predicted octanol–water partition coefficient (Wildman–Crippen LogP) is 4.22. The number of unbranched alkanes of at least 4 members (excludes halogenated alkanes) is 2. The molecule has 0 rings (SSSR count). The van der Waals surface area contributed by atoms with Crippen LogP contribution in [0, 0.1) is 0 Å². The first-order valence-electron chi connectivity index (χ1n) is 8.56. The van der Waals surface area contributed by atoms with Crippen molar-refractivity contribution >= 4 is 37.2 Å². The zero-order chi connectivity index (χ0) is 17.7. The van der Waals surface area contributed by atoms with Gasteiger partial charge in [0, 0.05) is 10.5 Å². The van der Waals surface area contributed by atoms with Gasteiger partial charge in [0.25, 0.3) is 0 Å². The molecule has 0 saturated carbocycles. The quantitative estimate of drug-likeness (QED) is 0.292. The number of thiol groups is 2. The number of esters is 2. The molecule has 3 unspecified atom stereocenters. The largest absolute Gasteiger partial charge is 0.466 e. The van der Waals surface area contributed by atoms with Crippen LogP contribution in [0.25, 0.3) is 0 Å². The van der Waals surface area contributed by atoms with Crippen molar-refractivity contribution in [2.75, 3.05) is 6.61 Å². The van der Waals surface area contributed by atoms with Gasteiger partial charge in [-0.05, 0) is 25.7 Å². The third-order valence-electron chi connectivity index (χ3n) is 3.29. The van der Waals surface area contributed by atoms with Gasteiger partial charge >= 0.3 is 11.9 Å². The molecule has 0 aliphatic carbocycles. The molecular weight excluding hydrogens is 332 g/mol. The van der Waals surface area contributed by atoms with Crippen LogP contribution >= 0.6 is 25.3 Å². The maximum atomic E-state index is 11.8. The Hall–Kier alpha value is -0.360. The fourth-order valence-electron chi connectivity index (χ4n) is 2.16. The minimum Gasteiger partial charge on any atom is -0.466 e. The van der Waals surface area contributed by atoms with Gasteiger partial charge in [-0.1, -0.05) is 33.6 Å². The van der Waals surface area contributed by atoms with Crippen LogP contribution in [0.3, 0.4) is 0 Å². The lowest BCUT2D eigenvalue weighted by Crippen LogP contribution is -2.21. The lowest BCUT2D eigenvalue weighted by Gasteiger charge is -2.18. The highest BCUT2D eigenvalue weighted by Crippen LogP contribution is 2.15. The van der Waals surface area contributed by atoms with Crippen LogP contribution in [-0.2, 0) is 19.1 Å². The third-order valence-corrected chi connectivity index (χ3v) is 3.65. The van der Waals surface area contributed by atoms with E-state index in [9.17, 15) is 9.59 Å². The normalized spacial score (nSPS) is 14.8. The molecule has 0 aliphatic rings. The van der Waals surface area contributed by atoms with E-state index in [1.807, 2.05) is 13.8 Å². The van der Waals surface area contributed by atoms with Crippen LogP contribution in [0.5, 0.6) is 0 Å². The van der Waals surface area contributed by atoms with Crippen molar-refractivity contribution in [2.45, 2.75) is 88.7 Å². The Labute approximate surface area is 151 Å². The molecule has 0 heterocycles. The van der Waals surface area contributed by atoms with Crippen molar-refractivity contribution < 1.29 is 19.1 Å². The first kappa shape index (κ1) is 22.6. The number of hydrogen-bond acceptors (Lipinski definition) is 6.